The van der Waals surface area contributed by atoms with Gasteiger partial charge in [0.15, 0.2) is 0 Å². The molecule has 0 unspecified atom stereocenters. The summed E-state index contributed by atoms with van der Waals surface area (Å²) < 4.78 is 2.08. The molecule has 6 nitrogen and oxygen atoms in total. The monoisotopic (exact) mass is 334 g/mol. The maximum absolute atomic E-state index is 4.94. The van der Waals surface area contributed by atoms with Gasteiger partial charge in [-0.1, -0.05) is 13.0 Å². The Morgan fingerprint density at radius 1 is 1.12 bits per heavy atom. The predicted octanol–water partition coefficient (Wildman–Crippen LogP) is 3.00. The number of piperidine rings is 1. The van der Waals surface area contributed by atoms with Crippen molar-refractivity contribution in [3.63, 3.8) is 0 Å². The fourth-order valence-corrected chi connectivity index (χ4v) is 3.49. The van der Waals surface area contributed by atoms with Crippen molar-refractivity contribution in [2.75, 3.05) is 18.0 Å². The number of nitrogens with zero attached hydrogens (tertiary/aromatic N) is 6. The summed E-state index contributed by atoms with van der Waals surface area (Å²) in [5.41, 5.74) is 1.14. The van der Waals surface area contributed by atoms with E-state index in [2.05, 4.69) is 43.5 Å². The summed E-state index contributed by atoms with van der Waals surface area (Å²) in [6.07, 6.45) is 12.3. The molecular weight excluding hydrogens is 312 g/mol. The maximum atomic E-state index is 4.94. The van der Waals surface area contributed by atoms with Crippen LogP contribution in [0.4, 0.5) is 5.82 Å². The summed E-state index contributed by atoms with van der Waals surface area (Å²) in [7, 11) is 0. The molecule has 4 rings (SSSR count). The van der Waals surface area contributed by atoms with Gasteiger partial charge in [0.2, 0.25) is 0 Å². The zero-order chi connectivity index (χ0) is 17.1. The average Bonchev–Trinajstić information content (AvgIpc) is 3.18. The van der Waals surface area contributed by atoms with Gasteiger partial charge in [0, 0.05) is 55.9 Å². The van der Waals surface area contributed by atoms with Crippen molar-refractivity contribution < 1.29 is 0 Å². The Balaban J connectivity index is 1.58. The molecule has 25 heavy (non-hydrogen) atoms. The normalized spacial score (nSPS) is 17.6. The molecule has 0 saturated carbocycles. The van der Waals surface area contributed by atoms with Crippen molar-refractivity contribution in [1.29, 1.82) is 0 Å². The lowest BCUT2D eigenvalue weighted by Gasteiger charge is -2.33. The molecule has 3 aromatic heterocycles. The Bertz CT molecular complexity index is 829. The minimum atomic E-state index is 0.407. The van der Waals surface area contributed by atoms with E-state index in [1.807, 2.05) is 24.7 Å². The Kier molecular flexibility index (Phi) is 4.41. The van der Waals surface area contributed by atoms with E-state index >= 15 is 0 Å². The van der Waals surface area contributed by atoms with Crippen LogP contribution >= 0.6 is 0 Å². The van der Waals surface area contributed by atoms with Gasteiger partial charge in [-0.2, -0.15) is 0 Å². The van der Waals surface area contributed by atoms with E-state index in [4.69, 9.17) is 4.98 Å². The molecule has 1 aliphatic heterocycles. The smallest absolute Gasteiger partial charge is 0.147 e. The molecule has 1 atom stereocenters. The number of pyridine rings is 1. The quantitative estimate of drug-likeness (QED) is 0.734. The number of anilines is 1. The van der Waals surface area contributed by atoms with Crippen LogP contribution in [-0.4, -0.2) is 37.6 Å². The highest BCUT2D eigenvalue weighted by atomic mass is 15.2. The van der Waals surface area contributed by atoms with E-state index in [1.165, 1.54) is 0 Å². The summed E-state index contributed by atoms with van der Waals surface area (Å²) >= 11 is 0. The number of aryl methyl sites for hydroxylation is 1. The first-order valence-electron chi connectivity index (χ1n) is 8.85. The van der Waals surface area contributed by atoms with E-state index in [-0.39, 0.29) is 0 Å². The van der Waals surface area contributed by atoms with Crippen molar-refractivity contribution in [3.05, 3.63) is 60.7 Å². The number of imidazole rings is 1. The Morgan fingerprint density at radius 3 is 2.92 bits per heavy atom. The second-order valence-corrected chi connectivity index (χ2v) is 6.34. The van der Waals surface area contributed by atoms with Crippen molar-refractivity contribution >= 4 is 5.82 Å². The predicted molar refractivity (Wildman–Crippen MR) is 97.0 cm³/mol. The summed E-state index contributed by atoms with van der Waals surface area (Å²) in [5, 5.41) is 0. The van der Waals surface area contributed by atoms with Crippen LogP contribution in [0.25, 0.3) is 5.82 Å². The Hall–Kier alpha value is -2.76. The maximum Gasteiger partial charge on any atom is 0.147 e. The first kappa shape index (κ1) is 15.7. The van der Waals surface area contributed by atoms with Gasteiger partial charge in [-0.05, 0) is 25.0 Å². The van der Waals surface area contributed by atoms with E-state index in [9.17, 15) is 0 Å². The largest absolute Gasteiger partial charge is 0.355 e. The van der Waals surface area contributed by atoms with Crippen LogP contribution in [0.2, 0.25) is 0 Å². The molecule has 1 saturated heterocycles. The van der Waals surface area contributed by atoms with Gasteiger partial charge in [-0.3, -0.25) is 9.55 Å². The molecule has 4 heterocycles. The van der Waals surface area contributed by atoms with Crippen molar-refractivity contribution in [2.24, 2.45) is 0 Å². The van der Waals surface area contributed by atoms with Crippen LogP contribution in [0, 0.1) is 0 Å². The highest BCUT2D eigenvalue weighted by Gasteiger charge is 2.23. The molecule has 0 radical (unpaired) electrons. The number of rotatable bonds is 4. The second-order valence-electron chi connectivity index (χ2n) is 6.34. The molecule has 1 fully saturated rings. The summed E-state index contributed by atoms with van der Waals surface area (Å²) in [6, 6.07) is 6.28. The molecule has 0 N–H and O–H groups in total. The van der Waals surface area contributed by atoms with Crippen LogP contribution in [-0.2, 0) is 6.42 Å². The van der Waals surface area contributed by atoms with E-state index in [0.717, 1.165) is 55.5 Å². The Labute approximate surface area is 147 Å². The third-order valence-corrected chi connectivity index (χ3v) is 4.75. The van der Waals surface area contributed by atoms with Crippen LogP contribution in [0.15, 0.2) is 49.2 Å². The number of hydrogen-bond donors (Lipinski definition) is 0. The third kappa shape index (κ3) is 3.24. The molecule has 3 aromatic rings. The fourth-order valence-electron chi connectivity index (χ4n) is 3.49. The zero-order valence-corrected chi connectivity index (χ0v) is 14.4. The van der Waals surface area contributed by atoms with Gasteiger partial charge < -0.3 is 4.90 Å². The highest BCUT2D eigenvalue weighted by molar-refractivity contribution is 5.37. The molecule has 0 spiro atoms. The number of hydrogen-bond acceptors (Lipinski definition) is 5. The summed E-state index contributed by atoms with van der Waals surface area (Å²) in [6.45, 7) is 4.07. The van der Waals surface area contributed by atoms with Gasteiger partial charge in [-0.25, -0.2) is 15.0 Å². The molecule has 6 heteroatoms. The van der Waals surface area contributed by atoms with Crippen LogP contribution in [0.1, 0.15) is 37.2 Å². The topological polar surface area (TPSA) is 59.7 Å². The van der Waals surface area contributed by atoms with Crippen LogP contribution in [0.5, 0.6) is 0 Å². The Morgan fingerprint density at radius 2 is 2.08 bits per heavy atom. The standard InChI is InChI=1S/C19H22N6/c1-2-17-22-10-12-25(17)18-7-3-6-16(23-18)15-5-4-11-24(14-15)19-13-20-8-9-21-19/h3,6-10,12-13,15H,2,4-5,11,14H2,1H3/t15-/m0/s1. The average molecular weight is 334 g/mol. The molecule has 128 valence electrons. The minimum Gasteiger partial charge on any atom is -0.355 e. The van der Waals surface area contributed by atoms with E-state index < -0.39 is 0 Å². The molecule has 1 aliphatic rings. The third-order valence-electron chi connectivity index (χ3n) is 4.75. The highest BCUT2D eigenvalue weighted by Crippen LogP contribution is 2.28. The first-order chi connectivity index (χ1) is 12.3. The lowest BCUT2D eigenvalue weighted by molar-refractivity contribution is 0.497. The van der Waals surface area contributed by atoms with Gasteiger partial charge in [-0.15, -0.1) is 0 Å². The molecule has 0 bridgehead atoms. The molecule has 0 amide bonds. The number of aromatic nitrogens is 5. The summed E-state index contributed by atoms with van der Waals surface area (Å²) in [5.74, 6) is 3.34. The minimum absolute atomic E-state index is 0.407. The molecule has 0 aliphatic carbocycles. The van der Waals surface area contributed by atoms with Gasteiger partial charge in [0.25, 0.3) is 0 Å². The van der Waals surface area contributed by atoms with E-state index in [1.54, 1.807) is 12.4 Å². The van der Waals surface area contributed by atoms with E-state index in [0.29, 0.717) is 5.92 Å². The fraction of sp³-hybridized carbons (Fsp3) is 0.368. The van der Waals surface area contributed by atoms with Crippen LogP contribution < -0.4 is 4.90 Å². The van der Waals surface area contributed by atoms with Gasteiger partial charge in [0.1, 0.15) is 17.5 Å². The first-order valence-corrected chi connectivity index (χ1v) is 8.85. The van der Waals surface area contributed by atoms with Crippen LogP contribution in [0.3, 0.4) is 0 Å². The van der Waals surface area contributed by atoms with Gasteiger partial charge >= 0.3 is 0 Å². The second kappa shape index (κ2) is 7.01. The van der Waals surface area contributed by atoms with Crippen molar-refractivity contribution in [2.45, 2.75) is 32.1 Å². The van der Waals surface area contributed by atoms with Crippen molar-refractivity contribution in [1.82, 2.24) is 24.5 Å². The summed E-state index contributed by atoms with van der Waals surface area (Å²) in [4.78, 5) is 20.3. The lowest BCUT2D eigenvalue weighted by atomic mass is 9.94. The zero-order valence-electron chi connectivity index (χ0n) is 14.4. The van der Waals surface area contributed by atoms with Crippen molar-refractivity contribution in [3.8, 4) is 5.82 Å². The lowest BCUT2D eigenvalue weighted by Crippen LogP contribution is -2.35. The molecular formula is C19H22N6. The van der Waals surface area contributed by atoms with Gasteiger partial charge in [0.05, 0.1) is 6.20 Å². The molecule has 0 aromatic carbocycles. The SMILES string of the molecule is CCc1nccn1-c1cccc([C@H]2CCCN(c3cnccn3)C2)n1.